The predicted molar refractivity (Wildman–Crippen MR) is 96.6 cm³/mol. The first-order chi connectivity index (χ1) is 11.9. The lowest BCUT2D eigenvalue weighted by molar-refractivity contribution is -0.115. The van der Waals surface area contributed by atoms with Crippen LogP contribution in [0.4, 0.5) is 11.4 Å². The third-order valence-corrected chi connectivity index (χ3v) is 4.14. The zero-order valence-electron chi connectivity index (χ0n) is 14.9. The first kappa shape index (κ1) is 19.0. The smallest absolute Gasteiger partial charge is 0.338 e. The maximum atomic E-state index is 12.5. The van der Waals surface area contributed by atoms with Crippen LogP contribution in [-0.2, 0) is 14.3 Å². The number of esters is 1. The second kappa shape index (κ2) is 9.20. The van der Waals surface area contributed by atoms with E-state index in [0.29, 0.717) is 16.9 Å². The second-order valence-electron chi connectivity index (χ2n) is 6.53. The van der Waals surface area contributed by atoms with Crippen molar-refractivity contribution in [1.29, 1.82) is 0 Å². The van der Waals surface area contributed by atoms with Crippen molar-refractivity contribution in [2.24, 2.45) is 0 Å². The third-order valence-electron chi connectivity index (χ3n) is 4.14. The Morgan fingerprint density at radius 1 is 0.840 bits per heavy atom. The molecule has 25 heavy (non-hydrogen) atoms. The van der Waals surface area contributed by atoms with Gasteiger partial charge in [-0.3, -0.25) is 9.59 Å². The summed E-state index contributed by atoms with van der Waals surface area (Å²) in [7, 11) is 0. The molecule has 1 aliphatic rings. The molecule has 1 fully saturated rings. The van der Waals surface area contributed by atoms with Crippen molar-refractivity contribution in [2.45, 2.75) is 64.9 Å². The Kier molecular flexibility index (Phi) is 6.98. The first-order valence-corrected chi connectivity index (χ1v) is 8.85. The Hall–Kier alpha value is -2.37. The van der Waals surface area contributed by atoms with Crippen molar-refractivity contribution in [3.63, 3.8) is 0 Å². The first-order valence-electron chi connectivity index (χ1n) is 8.85. The summed E-state index contributed by atoms with van der Waals surface area (Å²) in [4.78, 5) is 35.1. The Morgan fingerprint density at radius 3 is 1.80 bits per heavy atom. The molecular formula is C19H26N2O4. The maximum Gasteiger partial charge on any atom is 0.338 e. The fourth-order valence-corrected chi connectivity index (χ4v) is 3.05. The van der Waals surface area contributed by atoms with Crippen LogP contribution in [0.1, 0.15) is 69.2 Å². The molecule has 1 aromatic rings. The summed E-state index contributed by atoms with van der Waals surface area (Å²) in [6.45, 7) is 2.77. The summed E-state index contributed by atoms with van der Waals surface area (Å²) < 4.78 is 5.67. The number of hydrogen-bond donors (Lipinski definition) is 2. The summed E-state index contributed by atoms with van der Waals surface area (Å²) in [5, 5.41) is 5.28. The topological polar surface area (TPSA) is 84.5 Å². The van der Waals surface area contributed by atoms with E-state index in [9.17, 15) is 14.4 Å². The lowest BCUT2D eigenvalue weighted by Gasteiger charge is -2.20. The van der Waals surface area contributed by atoms with Crippen LogP contribution in [0.2, 0.25) is 0 Å². The van der Waals surface area contributed by atoms with Gasteiger partial charge in [0.1, 0.15) is 6.10 Å². The summed E-state index contributed by atoms with van der Waals surface area (Å²) >= 11 is 0. The maximum absolute atomic E-state index is 12.5. The number of anilines is 2. The molecule has 1 saturated carbocycles. The average Bonchev–Trinajstić information content (AvgIpc) is 2.48. The molecule has 2 amide bonds. The highest BCUT2D eigenvalue weighted by molar-refractivity contribution is 5.97. The van der Waals surface area contributed by atoms with Gasteiger partial charge in [-0.15, -0.1) is 0 Å². The van der Waals surface area contributed by atoms with E-state index in [2.05, 4.69) is 10.6 Å². The minimum Gasteiger partial charge on any atom is -0.459 e. The van der Waals surface area contributed by atoms with Crippen molar-refractivity contribution in [3.8, 4) is 0 Å². The molecule has 2 N–H and O–H groups in total. The number of ether oxygens (including phenoxy) is 1. The van der Waals surface area contributed by atoms with Crippen molar-refractivity contribution in [3.05, 3.63) is 23.8 Å². The Bertz CT molecular complexity index is 600. The zero-order chi connectivity index (χ0) is 18.2. The number of carbonyl (C=O) groups excluding carboxylic acids is 3. The van der Waals surface area contributed by atoms with Crippen LogP contribution in [0.15, 0.2) is 18.2 Å². The van der Waals surface area contributed by atoms with Gasteiger partial charge in [0.05, 0.1) is 5.56 Å². The number of benzene rings is 1. The van der Waals surface area contributed by atoms with Crippen LogP contribution < -0.4 is 10.6 Å². The van der Waals surface area contributed by atoms with Crippen LogP contribution in [-0.4, -0.2) is 23.9 Å². The predicted octanol–water partition coefficient (Wildman–Crippen LogP) is 3.87. The lowest BCUT2D eigenvalue weighted by atomic mass is 9.98. The largest absolute Gasteiger partial charge is 0.459 e. The molecule has 0 aromatic heterocycles. The van der Waals surface area contributed by atoms with Crippen LogP contribution in [0.5, 0.6) is 0 Å². The van der Waals surface area contributed by atoms with Gasteiger partial charge in [-0.05, 0) is 43.9 Å². The minimum atomic E-state index is -0.427. The van der Waals surface area contributed by atoms with Crippen molar-refractivity contribution in [2.75, 3.05) is 10.6 Å². The van der Waals surface area contributed by atoms with Crippen LogP contribution in [0, 0.1) is 0 Å². The summed E-state index contributed by atoms with van der Waals surface area (Å²) in [6, 6.07) is 4.74. The molecule has 0 atom stereocenters. The van der Waals surface area contributed by atoms with Crippen LogP contribution >= 0.6 is 0 Å². The fraction of sp³-hybridized carbons (Fsp3) is 0.526. The molecule has 0 aliphatic heterocycles. The normalized spacial score (nSPS) is 15.6. The van der Waals surface area contributed by atoms with E-state index < -0.39 is 5.97 Å². The van der Waals surface area contributed by atoms with E-state index in [4.69, 9.17) is 4.74 Å². The van der Waals surface area contributed by atoms with E-state index >= 15 is 0 Å². The molecule has 0 saturated heterocycles. The Balaban J connectivity index is 2.15. The number of nitrogens with one attached hydrogen (secondary N) is 2. The molecule has 2 rings (SSSR count). The van der Waals surface area contributed by atoms with Crippen molar-refractivity contribution >= 4 is 29.2 Å². The van der Waals surface area contributed by atoms with Gasteiger partial charge in [-0.1, -0.05) is 19.3 Å². The zero-order valence-corrected chi connectivity index (χ0v) is 14.9. The molecule has 136 valence electrons. The second-order valence-corrected chi connectivity index (χ2v) is 6.53. The molecule has 0 radical (unpaired) electrons. The number of rotatable bonds is 4. The Labute approximate surface area is 148 Å². The van der Waals surface area contributed by atoms with E-state index in [1.54, 1.807) is 18.2 Å². The monoisotopic (exact) mass is 346 g/mol. The number of hydrogen-bond acceptors (Lipinski definition) is 4. The van der Waals surface area contributed by atoms with Gasteiger partial charge in [0.15, 0.2) is 0 Å². The summed E-state index contributed by atoms with van der Waals surface area (Å²) in [5.74, 6) is -0.928. The Morgan fingerprint density at radius 2 is 1.32 bits per heavy atom. The quantitative estimate of drug-likeness (QED) is 0.811. The van der Waals surface area contributed by atoms with Gasteiger partial charge in [0, 0.05) is 25.2 Å². The SMILES string of the molecule is CC(=O)Nc1cc(NC(C)=O)cc(C(=O)OC2CCCCCCC2)c1. The van der Waals surface area contributed by atoms with Crippen LogP contribution in [0.3, 0.4) is 0 Å². The van der Waals surface area contributed by atoms with E-state index in [0.717, 1.165) is 25.7 Å². The molecular weight excluding hydrogens is 320 g/mol. The van der Waals surface area contributed by atoms with Gasteiger partial charge >= 0.3 is 5.97 Å². The molecule has 0 unspecified atom stereocenters. The fourth-order valence-electron chi connectivity index (χ4n) is 3.05. The minimum absolute atomic E-state index is 0.0681. The average molecular weight is 346 g/mol. The molecule has 1 aliphatic carbocycles. The summed E-state index contributed by atoms with van der Waals surface area (Å²) in [5.41, 5.74) is 1.21. The highest BCUT2D eigenvalue weighted by Gasteiger charge is 2.18. The molecule has 6 nitrogen and oxygen atoms in total. The van der Waals surface area contributed by atoms with Crippen LogP contribution in [0.25, 0.3) is 0 Å². The highest BCUT2D eigenvalue weighted by Crippen LogP contribution is 2.23. The standard InChI is InChI=1S/C19H26N2O4/c1-13(22)20-16-10-15(11-17(12-16)21-14(2)23)19(24)25-18-8-6-4-3-5-7-9-18/h10-12,18H,3-9H2,1-2H3,(H,20,22)(H,21,23). The van der Waals surface area contributed by atoms with E-state index in [1.807, 2.05) is 0 Å². The third kappa shape index (κ3) is 6.57. The van der Waals surface area contributed by atoms with Gasteiger partial charge in [-0.25, -0.2) is 4.79 Å². The molecule has 0 heterocycles. The molecule has 1 aromatic carbocycles. The van der Waals surface area contributed by atoms with Gasteiger partial charge in [0.25, 0.3) is 0 Å². The lowest BCUT2D eigenvalue weighted by Crippen LogP contribution is -2.20. The van der Waals surface area contributed by atoms with E-state index in [-0.39, 0.29) is 17.9 Å². The molecule has 0 bridgehead atoms. The van der Waals surface area contributed by atoms with Crippen molar-refractivity contribution < 1.29 is 19.1 Å². The summed E-state index contributed by atoms with van der Waals surface area (Å²) in [6.07, 6.45) is 7.45. The van der Waals surface area contributed by atoms with Gasteiger partial charge < -0.3 is 15.4 Å². The van der Waals surface area contributed by atoms with Crippen molar-refractivity contribution in [1.82, 2.24) is 0 Å². The molecule has 6 heteroatoms. The highest BCUT2D eigenvalue weighted by atomic mass is 16.5. The van der Waals surface area contributed by atoms with Gasteiger partial charge in [0.2, 0.25) is 11.8 Å². The van der Waals surface area contributed by atoms with Gasteiger partial charge in [-0.2, -0.15) is 0 Å². The van der Waals surface area contributed by atoms with E-state index in [1.165, 1.54) is 33.1 Å². The molecule has 0 spiro atoms. The number of amides is 2. The number of carbonyl (C=O) groups is 3.